The van der Waals surface area contributed by atoms with E-state index in [0.717, 1.165) is 32.1 Å². The van der Waals surface area contributed by atoms with Crippen LogP contribution < -0.4 is 0 Å². The molecule has 20 heavy (non-hydrogen) atoms. The molecule has 0 aromatic heterocycles. The van der Waals surface area contributed by atoms with Crippen LogP contribution >= 0.6 is 0 Å². The van der Waals surface area contributed by atoms with Crippen LogP contribution in [0.5, 0.6) is 0 Å². The number of unbranched alkanes of at least 4 members (excludes halogenated alkanes) is 8. The predicted octanol–water partition coefficient (Wildman–Crippen LogP) is 4.90. The van der Waals surface area contributed by atoms with Gasteiger partial charge < -0.3 is 5.11 Å². The van der Waals surface area contributed by atoms with Crippen LogP contribution in [0.2, 0.25) is 0 Å². The van der Waals surface area contributed by atoms with Crippen molar-refractivity contribution >= 4 is 11.8 Å². The molecule has 0 radical (unpaired) electrons. The van der Waals surface area contributed by atoms with Gasteiger partial charge in [0.05, 0.1) is 0 Å². The van der Waals surface area contributed by atoms with Gasteiger partial charge in [-0.2, -0.15) is 0 Å². The minimum Gasteiger partial charge on any atom is -0.481 e. The van der Waals surface area contributed by atoms with Gasteiger partial charge >= 0.3 is 5.97 Å². The number of ketones is 1. The van der Waals surface area contributed by atoms with Crippen molar-refractivity contribution in [2.45, 2.75) is 84.0 Å². The molecule has 0 saturated heterocycles. The van der Waals surface area contributed by atoms with E-state index in [1.807, 2.05) is 6.08 Å². The number of carboxylic acid groups (broad SMARTS) is 1. The molecule has 0 fully saturated rings. The number of aliphatic carboxylic acids is 1. The van der Waals surface area contributed by atoms with Crippen molar-refractivity contribution in [1.29, 1.82) is 0 Å². The number of rotatable bonds is 14. The molecule has 0 aliphatic carbocycles. The second-order valence-electron chi connectivity index (χ2n) is 5.38. The minimum absolute atomic E-state index is 0.205. The highest BCUT2D eigenvalue weighted by Gasteiger charge is 1.99. The van der Waals surface area contributed by atoms with Gasteiger partial charge in [0.15, 0.2) is 5.78 Å². The Labute approximate surface area is 123 Å². The summed E-state index contributed by atoms with van der Waals surface area (Å²) in [5.74, 6) is -0.528. The van der Waals surface area contributed by atoms with E-state index in [1.165, 1.54) is 32.1 Å². The summed E-state index contributed by atoms with van der Waals surface area (Å²) < 4.78 is 0. The Kier molecular flexibility index (Phi) is 13.5. The van der Waals surface area contributed by atoms with E-state index in [1.54, 1.807) is 6.08 Å². The van der Waals surface area contributed by atoms with E-state index in [9.17, 15) is 9.59 Å². The number of carbonyl (C=O) groups is 2. The van der Waals surface area contributed by atoms with Crippen molar-refractivity contribution in [1.82, 2.24) is 0 Å². The molecule has 0 aliphatic rings. The van der Waals surface area contributed by atoms with Gasteiger partial charge in [-0.15, -0.1) is 0 Å². The maximum Gasteiger partial charge on any atom is 0.303 e. The van der Waals surface area contributed by atoms with Gasteiger partial charge in [0, 0.05) is 12.8 Å². The van der Waals surface area contributed by atoms with E-state index < -0.39 is 5.97 Å². The van der Waals surface area contributed by atoms with Crippen LogP contribution in [0.3, 0.4) is 0 Å². The van der Waals surface area contributed by atoms with E-state index in [-0.39, 0.29) is 12.2 Å². The summed E-state index contributed by atoms with van der Waals surface area (Å²) in [6, 6.07) is 0. The third-order valence-corrected chi connectivity index (χ3v) is 3.34. The molecule has 0 bridgehead atoms. The van der Waals surface area contributed by atoms with Gasteiger partial charge in [-0.25, -0.2) is 0 Å². The van der Waals surface area contributed by atoms with Gasteiger partial charge in [0.25, 0.3) is 0 Å². The zero-order valence-electron chi connectivity index (χ0n) is 12.9. The molecular weight excluding hydrogens is 252 g/mol. The van der Waals surface area contributed by atoms with Crippen molar-refractivity contribution in [3.05, 3.63) is 12.2 Å². The summed E-state index contributed by atoms with van der Waals surface area (Å²) in [5.41, 5.74) is 0. The highest BCUT2D eigenvalue weighted by molar-refractivity contribution is 5.89. The molecule has 0 unspecified atom stereocenters. The Bertz CT molecular complexity index is 282. The SMILES string of the molecule is CCCCCCCC=CC(=O)CCCCCCC(=O)O. The Balaban J connectivity index is 3.33. The normalized spacial score (nSPS) is 11.1. The molecule has 3 nitrogen and oxygen atoms in total. The van der Waals surface area contributed by atoms with Crippen LogP contribution in [-0.2, 0) is 9.59 Å². The smallest absolute Gasteiger partial charge is 0.303 e. The first-order valence-electron chi connectivity index (χ1n) is 8.08. The van der Waals surface area contributed by atoms with Crippen LogP contribution in [0.25, 0.3) is 0 Å². The maximum absolute atomic E-state index is 11.5. The highest BCUT2D eigenvalue weighted by atomic mass is 16.4. The highest BCUT2D eigenvalue weighted by Crippen LogP contribution is 2.08. The Morgan fingerprint density at radius 1 is 0.850 bits per heavy atom. The van der Waals surface area contributed by atoms with E-state index in [4.69, 9.17) is 5.11 Å². The molecule has 0 rings (SSSR count). The lowest BCUT2D eigenvalue weighted by Gasteiger charge is -1.98. The molecule has 0 heterocycles. The molecule has 0 spiro atoms. The van der Waals surface area contributed by atoms with Crippen LogP contribution in [0.15, 0.2) is 12.2 Å². The van der Waals surface area contributed by atoms with E-state index >= 15 is 0 Å². The fraction of sp³-hybridized carbons (Fsp3) is 0.765. The summed E-state index contributed by atoms with van der Waals surface area (Å²) in [7, 11) is 0. The maximum atomic E-state index is 11.5. The van der Waals surface area contributed by atoms with Crippen LogP contribution in [0.4, 0.5) is 0 Å². The zero-order chi connectivity index (χ0) is 15.1. The first-order chi connectivity index (χ1) is 9.66. The lowest BCUT2D eigenvalue weighted by Crippen LogP contribution is -1.95. The lowest BCUT2D eigenvalue weighted by molar-refractivity contribution is -0.137. The average molecular weight is 282 g/mol. The molecule has 3 heteroatoms. The summed E-state index contributed by atoms with van der Waals surface area (Å²) >= 11 is 0. The Morgan fingerprint density at radius 2 is 1.45 bits per heavy atom. The molecule has 0 amide bonds. The van der Waals surface area contributed by atoms with Gasteiger partial charge in [-0.3, -0.25) is 9.59 Å². The molecule has 116 valence electrons. The number of allylic oxidation sites excluding steroid dienone is 2. The predicted molar refractivity (Wildman–Crippen MR) is 82.9 cm³/mol. The monoisotopic (exact) mass is 282 g/mol. The second kappa shape index (κ2) is 14.3. The topological polar surface area (TPSA) is 54.4 Å². The molecule has 0 aliphatic heterocycles. The van der Waals surface area contributed by atoms with Gasteiger partial charge in [-0.05, 0) is 31.8 Å². The fourth-order valence-electron chi connectivity index (χ4n) is 2.09. The summed E-state index contributed by atoms with van der Waals surface area (Å²) in [6.45, 7) is 2.21. The van der Waals surface area contributed by atoms with Crippen LogP contribution in [0.1, 0.15) is 84.0 Å². The van der Waals surface area contributed by atoms with Crippen molar-refractivity contribution in [2.24, 2.45) is 0 Å². The van der Waals surface area contributed by atoms with Gasteiger partial charge in [0.2, 0.25) is 0 Å². The fourth-order valence-corrected chi connectivity index (χ4v) is 2.09. The first kappa shape index (κ1) is 18.9. The summed E-state index contributed by atoms with van der Waals surface area (Å²) in [4.78, 5) is 21.8. The largest absolute Gasteiger partial charge is 0.481 e. The second-order valence-corrected chi connectivity index (χ2v) is 5.38. The zero-order valence-corrected chi connectivity index (χ0v) is 12.9. The minimum atomic E-state index is -0.733. The molecule has 0 aromatic rings. The Hall–Kier alpha value is -1.12. The average Bonchev–Trinajstić information content (AvgIpc) is 2.41. The number of hydrogen-bond acceptors (Lipinski definition) is 2. The molecule has 0 saturated carbocycles. The van der Waals surface area contributed by atoms with Crippen LogP contribution in [0, 0.1) is 0 Å². The number of carbonyl (C=O) groups excluding carboxylic acids is 1. The molecule has 0 aromatic carbocycles. The number of carboxylic acids is 1. The van der Waals surface area contributed by atoms with Crippen molar-refractivity contribution in [2.75, 3.05) is 0 Å². The van der Waals surface area contributed by atoms with Gasteiger partial charge in [-0.1, -0.05) is 51.5 Å². The van der Waals surface area contributed by atoms with Gasteiger partial charge in [0.1, 0.15) is 0 Å². The molecule has 1 N–H and O–H groups in total. The third kappa shape index (κ3) is 14.9. The molecular formula is C17H30O3. The lowest BCUT2D eigenvalue weighted by atomic mass is 10.1. The number of hydrogen-bond donors (Lipinski definition) is 1. The van der Waals surface area contributed by atoms with Crippen molar-refractivity contribution in [3.8, 4) is 0 Å². The first-order valence-corrected chi connectivity index (χ1v) is 8.08. The van der Waals surface area contributed by atoms with Crippen LogP contribution in [-0.4, -0.2) is 16.9 Å². The van der Waals surface area contributed by atoms with Crippen molar-refractivity contribution in [3.63, 3.8) is 0 Å². The Morgan fingerprint density at radius 3 is 2.10 bits per heavy atom. The van der Waals surface area contributed by atoms with E-state index in [0.29, 0.717) is 6.42 Å². The quantitative estimate of drug-likeness (QED) is 0.364. The summed E-state index contributed by atoms with van der Waals surface area (Å²) in [6.07, 6.45) is 15.3. The van der Waals surface area contributed by atoms with E-state index in [2.05, 4.69) is 6.92 Å². The summed E-state index contributed by atoms with van der Waals surface area (Å²) in [5, 5.41) is 8.48. The van der Waals surface area contributed by atoms with Crippen molar-refractivity contribution < 1.29 is 14.7 Å². The standard InChI is InChI=1S/C17H30O3/c1-2-3-4-5-6-7-10-13-16(18)14-11-8-9-12-15-17(19)20/h10,13H,2-9,11-12,14-15H2,1H3,(H,19,20). The molecule has 0 atom stereocenters. The third-order valence-electron chi connectivity index (χ3n) is 3.34.